The number of benzene rings is 1. The highest BCUT2D eigenvalue weighted by Crippen LogP contribution is 2.21. The van der Waals surface area contributed by atoms with Crippen LogP contribution in [0.5, 0.6) is 0 Å². The van der Waals surface area contributed by atoms with Gasteiger partial charge in [-0.1, -0.05) is 50.2 Å². The zero-order chi connectivity index (χ0) is 11.6. The predicted molar refractivity (Wildman–Crippen MR) is 68.5 cm³/mol. The van der Waals surface area contributed by atoms with Crippen molar-refractivity contribution in [2.75, 3.05) is 0 Å². The van der Waals surface area contributed by atoms with Crippen molar-refractivity contribution in [3.8, 4) is 11.3 Å². The summed E-state index contributed by atoms with van der Waals surface area (Å²) in [5.41, 5.74) is 3.16. The minimum absolute atomic E-state index is 0.331. The number of aromatic nitrogens is 1. The van der Waals surface area contributed by atoms with Gasteiger partial charge in [-0.15, -0.1) is 0 Å². The van der Waals surface area contributed by atoms with Gasteiger partial charge >= 0.3 is 0 Å². The van der Waals surface area contributed by atoms with Crippen molar-refractivity contribution in [3.63, 3.8) is 0 Å². The van der Waals surface area contributed by atoms with Gasteiger partial charge in [0.05, 0.1) is 13.5 Å². The molecule has 0 saturated heterocycles. The second-order valence-electron chi connectivity index (χ2n) is 4.52. The summed E-state index contributed by atoms with van der Waals surface area (Å²) in [5, 5.41) is -0.331. The molecule has 0 amide bonds. The first kappa shape index (κ1) is 10.9. The minimum Gasteiger partial charge on any atom is -0.256 e. The Balaban J connectivity index is 2.34. The molecular formula is C14H14BN. The fourth-order valence-corrected chi connectivity index (χ4v) is 1.55. The second kappa shape index (κ2) is 4.13. The maximum absolute atomic E-state index is 6.01. The molecule has 0 unspecified atom stereocenters. The largest absolute Gasteiger partial charge is 0.256 e. The van der Waals surface area contributed by atoms with E-state index in [1.165, 1.54) is 0 Å². The molecule has 0 bridgehead atoms. The lowest BCUT2D eigenvalue weighted by atomic mass is 9.68. The highest BCUT2D eigenvalue weighted by Gasteiger charge is 2.13. The van der Waals surface area contributed by atoms with Gasteiger partial charge in [0, 0.05) is 11.8 Å². The Morgan fingerprint density at radius 2 is 1.69 bits per heavy atom. The molecule has 1 aromatic carbocycles. The van der Waals surface area contributed by atoms with E-state index in [1.54, 1.807) is 0 Å². The van der Waals surface area contributed by atoms with E-state index in [0.29, 0.717) is 0 Å². The highest BCUT2D eigenvalue weighted by atomic mass is 14.7. The third-order valence-corrected chi connectivity index (χ3v) is 2.58. The van der Waals surface area contributed by atoms with Gasteiger partial charge in [0.2, 0.25) is 0 Å². The minimum atomic E-state index is -0.331. The average Bonchev–Trinajstić information content (AvgIpc) is 2.29. The van der Waals surface area contributed by atoms with Crippen LogP contribution in [-0.2, 0) is 5.31 Å². The number of pyridine rings is 1. The van der Waals surface area contributed by atoms with Crippen LogP contribution in [0.3, 0.4) is 0 Å². The van der Waals surface area contributed by atoms with Crippen LogP contribution in [-0.4, -0.2) is 12.8 Å². The number of rotatable bonds is 2. The normalized spacial score (nSPS) is 11.4. The van der Waals surface area contributed by atoms with Gasteiger partial charge in [0.15, 0.2) is 0 Å². The topological polar surface area (TPSA) is 12.9 Å². The van der Waals surface area contributed by atoms with E-state index in [0.717, 1.165) is 16.8 Å². The van der Waals surface area contributed by atoms with Crippen LogP contribution >= 0.6 is 0 Å². The lowest BCUT2D eigenvalue weighted by molar-refractivity contribution is 0.759. The molecule has 1 aromatic heterocycles. The van der Waals surface area contributed by atoms with Crippen LogP contribution in [0, 0.1) is 0 Å². The molecule has 1 heterocycles. The zero-order valence-corrected chi connectivity index (χ0v) is 9.64. The van der Waals surface area contributed by atoms with Crippen molar-refractivity contribution in [3.05, 3.63) is 54.2 Å². The predicted octanol–water partition coefficient (Wildman–Crippen LogP) is 3.15. The van der Waals surface area contributed by atoms with E-state index in [-0.39, 0.29) is 5.31 Å². The molecule has 0 atom stereocenters. The molecule has 0 spiro atoms. The van der Waals surface area contributed by atoms with Crippen LogP contribution in [0.1, 0.15) is 19.4 Å². The monoisotopic (exact) mass is 207 g/mol. The summed E-state index contributed by atoms with van der Waals surface area (Å²) in [4.78, 5) is 4.44. The standard InChI is InChI=1S/C14H14BN/c1-14(2,15)12-8-9-13(16-10-12)11-6-4-3-5-7-11/h3-10H,1-2H3. The van der Waals surface area contributed by atoms with Crippen LogP contribution in [0.25, 0.3) is 11.3 Å². The van der Waals surface area contributed by atoms with Crippen LogP contribution < -0.4 is 0 Å². The molecule has 0 aliphatic heterocycles. The maximum Gasteiger partial charge on any atom is 0.0803 e. The van der Waals surface area contributed by atoms with E-state index >= 15 is 0 Å². The molecule has 0 saturated carbocycles. The summed E-state index contributed by atoms with van der Waals surface area (Å²) in [6, 6.07) is 14.2. The summed E-state index contributed by atoms with van der Waals surface area (Å²) in [7, 11) is 6.01. The molecular weight excluding hydrogens is 193 g/mol. The van der Waals surface area contributed by atoms with Gasteiger partial charge in [-0.3, -0.25) is 4.98 Å². The highest BCUT2D eigenvalue weighted by molar-refractivity contribution is 6.15. The van der Waals surface area contributed by atoms with Crippen LogP contribution in [0.15, 0.2) is 48.7 Å². The van der Waals surface area contributed by atoms with Crippen molar-refractivity contribution >= 4 is 7.85 Å². The third-order valence-electron chi connectivity index (χ3n) is 2.58. The molecule has 78 valence electrons. The molecule has 0 aliphatic carbocycles. The van der Waals surface area contributed by atoms with Gasteiger partial charge in [-0.05, 0) is 16.9 Å². The lowest BCUT2D eigenvalue weighted by Gasteiger charge is -2.18. The van der Waals surface area contributed by atoms with E-state index in [1.807, 2.05) is 50.4 Å². The summed E-state index contributed by atoms with van der Waals surface area (Å²) < 4.78 is 0. The van der Waals surface area contributed by atoms with E-state index in [2.05, 4.69) is 17.1 Å². The molecule has 0 fully saturated rings. The Bertz CT molecular complexity index is 454. The molecule has 2 aromatic rings. The molecule has 2 rings (SSSR count). The Hall–Kier alpha value is -1.57. The van der Waals surface area contributed by atoms with Crippen molar-refractivity contribution < 1.29 is 0 Å². The first-order valence-electron chi connectivity index (χ1n) is 5.38. The molecule has 0 aliphatic rings. The van der Waals surface area contributed by atoms with Gasteiger partial charge < -0.3 is 0 Å². The fourth-order valence-electron chi connectivity index (χ4n) is 1.55. The van der Waals surface area contributed by atoms with E-state index in [9.17, 15) is 0 Å². The van der Waals surface area contributed by atoms with Gasteiger partial charge in [0.1, 0.15) is 0 Å². The van der Waals surface area contributed by atoms with Gasteiger partial charge in [0.25, 0.3) is 0 Å². The maximum atomic E-state index is 6.01. The third kappa shape index (κ3) is 2.33. The molecule has 2 radical (unpaired) electrons. The van der Waals surface area contributed by atoms with Crippen molar-refractivity contribution in [1.29, 1.82) is 0 Å². The van der Waals surface area contributed by atoms with Gasteiger partial charge in [-0.25, -0.2) is 0 Å². The van der Waals surface area contributed by atoms with Crippen LogP contribution in [0.2, 0.25) is 0 Å². The molecule has 16 heavy (non-hydrogen) atoms. The van der Waals surface area contributed by atoms with Crippen molar-refractivity contribution in [1.82, 2.24) is 4.98 Å². The smallest absolute Gasteiger partial charge is 0.0803 e. The van der Waals surface area contributed by atoms with Crippen LogP contribution in [0.4, 0.5) is 0 Å². The average molecular weight is 207 g/mol. The van der Waals surface area contributed by atoms with E-state index < -0.39 is 0 Å². The second-order valence-corrected chi connectivity index (χ2v) is 4.52. The summed E-state index contributed by atoms with van der Waals surface area (Å²) in [5.74, 6) is 0. The first-order valence-corrected chi connectivity index (χ1v) is 5.38. The Morgan fingerprint density at radius 3 is 2.19 bits per heavy atom. The first-order chi connectivity index (χ1) is 7.57. The number of nitrogens with zero attached hydrogens (tertiary/aromatic N) is 1. The molecule has 2 heteroatoms. The fraction of sp³-hybridized carbons (Fsp3) is 0.214. The Morgan fingerprint density at radius 1 is 1.00 bits per heavy atom. The summed E-state index contributed by atoms with van der Waals surface area (Å²) in [6.45, 7) is 3.96. The van der Waals surface area contributed by atoms with Gasteiger partial charge in [-0.2, -0.15) is 0 Å². The summed E-state index contributed by atoms with van der Waals surface area (Å²) in [6.07, 6.45) is 1.85. The van der Waals surface area contributed by atoms with E-state index in [4.69, 9.17) is 7.85 Å². The summed E-state index contributed by atoms with van der Waals surface area (Å²) >= 11 is 0. The SMILES string of the molecule is [B]C(C)(C)c1ccc(-c2ccccc2)nc1. The van der Waals surface area contributed by atoms with Crippen molar-refractivity contribution in [2.45, 2.75) is 19.2 Å². The molecule has 0 N–H and O–H groups in total. The number of hydrogen-bond donors (Lipinski definition) is 0. The Labute approximate surface area is 98.0 Å². The quantitative estimate of drug-likeness (QED) is 0.689. The van der Waals surface area contributed by atoms with Crippen molar-refractivity contribution in [2.24, 2.45) is 0 Å². The lowest BCUT2D eigenvalue weighted by Crippen LogP contribution is -2.16. The molecule has 1 nitrogen and oxygen atoms in total. The zero-order valence-electron chi connectivity index (χ0n) is 9.64. The Kier molecular flexibility index (Phi) is 2.82. The number of hydrogen-bond acceptors (Lipinski definition) is 1.